The maximum Gasteiger partial charge on any atom is 0.341 e. The molecule has 0 aliphatic rings. The number of esters is 1. The molecule has 3 aromatic rings. The average molecular weight is 426 g/mol. The lowest BCUT2D eigenvalue weighted by molar-refractivity contribution is 0.0505. The van der Waals surface area contributed by atoms with Crippen LogP contribution in [0.3, 0.4) is 0 Å². The third kappa shape index (κ3) is 5.61. The number of rotatable bonds is 8. The van der Waals surface area contributed by atoms with E-state index in [4.69, 9.17) is 9.47 Å². The summed E-state index contributed by atoms with van der Waals surface area (Å²) < 4.78 is 35.0. The van der Waals surface area contributed by atoms with Crippen molar-refractivity contribution in [1.82, 2.24) is 0 Å². The second-order valence-electron chi connectivity index (χ2n) is 6.72. The molecule has 0 aliphatic heterocycles. The van der Waals surface area contributed by atoms with Crippen molar-refractivity contribution in [3.05, 3.63) is 89.5 Å². The molecule has 0 fully saturated rings. The molecular formula is C23H22O6S. The Morgan fingerprint density at radius 3 is 2.37 bits per heavy atom. The summed E-state index contributed by atoms with van der Waals surface area (Å²) in [6.45, 7) is 0.325. The Hall–Kier alpha value is -3.32. The SMILES string of the molecule is CS(=O)(=O)c1ccc(OCc2ccccc2)c(CCOC(=O)c2ccccc2O)c1. The maximum atomic E-state index is 12.2. The number of benzene rings is 3. The summed E-state index contributed by atoms with van der Waals surface area (Å²) in [7, 11) is -3.40. The summed E-state index contributed by atoms with van der Waals surface area (Å²) in [6.07, 6.45) is 1.39. The number of hydrogen-bond acceptors (Lipinski definition) is 6. The van der Waals surface area contributed by atoms with Crippen molar-refractivity contribution in [3.63, 3.8) is 0 Å². The predicted molar refractivity (Wildman–Crippen MR) is 112 cm³/mol. The average Bonchev–Trinajstić information content (AvgIpc) is 2.73. The Bertz CT molecular complexity index is 1120. The third-order valence-corrected chi connectivity index (χ3v) is 5.54. The van der Waals surface area contributed by atoms with E-state index in [1.165, 1.54) is 24.3 Å². The van der Waals surface area contributed by atoms with Crippen LogP contribution in [0, 0.1) is 0 Å². The first-order valence-corrected chi connectivity index (χ1v) is 11.2. The molecule has 0 aromatic heterocycles. The van der Waals surface area contributed by atoms with E-state index in [9.17, 15) is 18.3 Å². The summed E-state index contributed by atoms with van der Waals surface area (Å²) in [6, 6.07) is 20.3. The molecule has 156 valence electrons. The van der Waals surface area contributed by atoms with E-state index in [1.807, 2.05) is 30.3 Å². The van der Waals surface area contributed by atoms with Crippen LogP contribution >= 0.6 is 0 Å². The Labute approximate surface area is 175 Å². The molecule has 0 amide bonds. The molecule has 0 atom stereocenters. The summed E-state index contributed by atoms with van der Waals surface area (Å²) >= 11 is 0. The predicted octanol–water partition coefficient (Wildman–Crippen LogP) is 3.77. The molecule has 7 heteroatoms. The highest BCUT2D eigenvalue weighted by Gasteiger charge is 2.15. The van der Waals surface area contributed by atoms with Crippen LogP contribution in [0.4, 0.5) is 0 Å². The molecule has 30 heavy (non-hydrogen) atoms. The van der Waals surface area contributed by atoms with Crippen LogP contribution in [-0.2, 0) is 27.6 Å². The number of phenols is 1. The second-order valence-corrected chi connectivity index (χ2v) is 8.73. The highest BCUT2D eigenvalue weighted by molar-refractivity contribution is 7.90. The van der Waals surface area contributed by atoms with Gasteiger partial charge in [0.1, 0.15) is 23.7 Å². The second kappa shape index (κ2) is 9.45. The van der Waals surface area contributed by atoms with Crippen LogP contribution < -0.4 is 4.74 Å². The minimum Gasteiger partial charge on any atom is -0.507 e. The van der Waals surface area contributed by atoms with Gasteiger partial charge in [0.05, 0.1) is 11.5 Å². The van der Waals surface area contributed by atoms with Crippen molar-refractivity contribution in [1.29, 1.82) is 0 Å². The minimum atomic E-state index is -3.40. The molecule has 0 spiro atoms. The molecular weight excluding hydrogens is 404 g/mol. The smallest absolute Gasteiger partial charge is 0.341 e. The third-order valence-electron chi connectivity index (χ3n) is 4.43. The lowest BCUT2D eigenvalue weighted by Crippen LogP contribution is -2.10. The van der Waals surface area contributed by atoms with Gasteiger partial charge in [-0.25, -0.2) is 13.2 Å². The van der Waals surface area contributed by atoms with Crippen LogP contribution in [0.5, 0.6) is 11.5 Å². The number of para-hydroxylation sites is 1. The van der Waals surface area contributed by atoms with Crippen molar-refractivity contribution in [2.75, 3.05) is 12.9 Å². The molecule has 6 nitrogen and oxygen atoms in total. The standard InChI is InChI=1S/C23H22O6S/c1-30(26,27)19-11-12-22(29-16-17-7-3-2-4-8-17)18(15-19)13-14-28-23(25)20-9-5-6-10-21(20)24/h2-12,15,24H,13-14,16H2,1H3. The first-order valence-electron chi connectivity index (χ1n) is 9.29. The minimum absolute atomic E-state index is 0.00206. The fourth-order valence-corrected chi connectivity index (χ4v) is 3.51. The quantitative estimate of drug-likeness (QED) is 0.552. The monoisotopic (exact) mass is 426 g/mol. The summed E-state index contributed by atoms with van der Waals surface area (Å²) in [5.41, 5.74) is 1.66. The highest BCUT2D eigenvalue weighted by Crippen LogP contribution is 2.25. The fraction of sp³-hybridized carbons (Fsp3) is 0.174. The number of hydrogen-bond donors (Lipinski definition) is 1. The molecule has 0 saturated heterocycles. The lowest BCUT2D eigenvalue weighted by Gasteiger charge is -2.13. The molecule has 0 radical (unpaired) electrons. The Kier molecular flexibility index (Phi) is 6.74. The molecule has 0 bridgehead atoms. The van der Waals surface area contributed by atoms with Gasteiger partial charge >= 0.3 is 5.97 Å². The number of ether oxygens (including phenoxy) is 2. The lowest BCUT2D eigenvalue weighted by atomic mass is 10.1. The van der Waals surface area contributed by atoms with Gasteiger partial charge in [-0.2, -0.15) is 0 Å². The number of carbonyl (C=O) groups excluding carboxylic acids is 1. The van der Waals surface area contributed by atoms with Gasteiger partial charge in [-0.05, 0) is 41.5 Å². The normalized spacial score (nSPS) is 11.1. The van der Waals surface area contributed by atoms with Gasteiger partial charge in [0, 0.05) is 12.7 Å². The molecule has 0 saturated carbocycles. The number of carbonyl (C=O) groups is 1. The van der Waals surface area contributed by atoms with Gasteiger partial charge in [0.2, 0.25) is 0 Å². The summed E-state index contributed by atoms with van der Waals surface area (Å²) in [4.78, 5) is 12.3. The number of phenolic OH excluding ortho intramolecular Hbond substituents is 1. The van der Waals surface area contributed by atoms with Gasteiger partial charge in [-0.1, -0.05) is 42.5 Å². The molecule has 0 heterocycles. The van der Waals surface area contributed by atoms with E-state index < -0.39 is 15.8 Å². The van der Waals surface area contributed by atoms with E-state index in [0.29, 0.717) is 17.9 Å². The zero-order chi connectivity index (χ0) is 21.6. The van der Waals surface area contributed by atoms with E-state index in [0.717, 1.165) is 11.8 Å². The zero-order valence-corrected chi connectivity index (χ0v) is 17.3. The number of aromatic hydroxyl groups is 1. The van der Waals surface area contributed by atoms with Crippen molar-refractivity contribution < 1.29 is 27.8 Å². The first-order chi connectivity index (χ1) is 14.3. The van der Waals surface area contributed by atoms with Gasteiger partial charge in [-0.15, -0.1) is 0 Å². The Morgan fingerprint density at radius 1 is 0.967 bits per heavy atom. The van der Waals surface area contributed by atoms with Gasteiger partial charge in [-0.3, -0.25) is 0 Å². The first kappa shape index (κ1) is 21.4. The van der Waals surface area contributed by atoms with Crippen LogP contribution in [0.25, 0.3) is 0 Å². The van der Waals surface area contributed by atoms with Crippen LogP contribution in [0.2, 0.25) is 0 Å². The topological polar surface area (TPSA) is 89.9 Å². The maximum absolute atomic E-state index is 12.2. The van der Waals surface area contributed by atoms with Gasteiger partial charge < -0.3 is 14.6 Å². The fourth-order valence-electron chi connectivity index (χ4n) is 2.84. The van der Waals surface area contributed by atoms with Crippen molar-refractivity contribution in [3.8, 4) is 11.5 Å². The van der Waals surface area contributed by atoms with Crippen LogP contribution in [0.1, 0.15) is 21.5 Å². The van der Waals surface area contributed by atoms with Gasteiger partial charge in [0.15, 0.2) is 9.84 Å². The summed E-state index contributed by atoms with van der Waals surface area (Å²) in [5.74, 6) is -0.294. The Balaban J connectivity index is 1.73. The molecule has 3 rings (SSSR count). The van der Waals surface area contributed by atoms with Gasteiger partial charge in [0.25, 0.3) is 0 Å². The van der Waals surface area contributed by atoms with Crippen molar-refractivity contribution in [2.45, 2.75) is 17.9 Å². The van der Waals surface area contributed by atoms with E-state index in [-0.39, 0.29) is 29.2 Å². The van der Waals surface area contributed by atoms with Crippen molar-refractivity contribution >= 4 is 15.8 Å². The van der Waals surface area contributed by atoms with E-state index in [1.54, 1.807) is 18.2 Å². The Morgan fingerprint density at radius 2 is 1.67 bits per heavy atom. The van der Waals surface area contributed by atoms with E-state index >= 15 is 0 Å². The zero-order valence-electron chi connectivity index (χ0n) is 16.4. The van der Waals surface area contributed by atoms with Crippen molar-refractivity contribution in [2.24, 2.45) is 0 Å². The van der Waals surface area contributed by atoms with Crippen LogP contribution in [-0.4, -0.2) is 32.4 Å². The molecule has 3 aromatic carbocycles. The number of sulfone groups is 1. The largest absolute Gasteiger partial charge is 0.507 e. The molecule has 1 N–H and O–H groups in total. The molecule has 0 unspecified atom stereocenters. The van der Waals surface area contributed by atoms with E-state index in [2.05, 4.69) is 0 Å². The highest BCUT2D eigenvalue weighted by atomic mass is 32.2. The molecule has 0 aliphatic carbocycles. The van der Waals surface area contributed by atoms with Crippen LogP contribution in [0.15, 0.2) is 77.7 Å². The summed E-state index contributed by atoms with van der Waals surface area (Å²) in [5, 5.41) is 9.76.